The van der Waals surface area contributed by atoms with E-state index in [1.165, 1.54) is 0 Å². The Labute approximate surface area is 254 Å². The average molecular weight is 667 g/mol. The minimum atomic E-state index is -2.02. The Balaban J connectivity index is 1.43. The molecule has 14 N–H and O–H groups in total. The number of aliphatic hydroxyl groups excluding tert-OH is 14. The zero-order chi connectivity index (χ0) is 33.3. The van der Waals surface area contributed by atoms with Gasteiger partial charge >= 0.3 is 0 Å². The van der Waals surface area contributed by atoms with Crippen LogP contribution in [0.4, 0.5) is 0 Å². The predicted molar refractivity (Wildman–Crippen MR) is 134 cm³/mol. The Bertz CT molecular complexity index is 910. The predicted octanol–water partition coefficient (Wildman–Crippen LogP) is -9.75. The maximum atomic E-state index is 10.9. The van der Waals surface area contributed by atoms with Crippen molar-refractivity contribution in [2.24, 2.45) is 0 Å². The number of rotatable bonds is 10. The summed E-state index contributed by atoms with van der Waals surface area (Å²) >= 11 is 0. The van der Waals surface area contributed by atoms with Crippen molar-refractivity contribution in [3.63, 3.8) is 0 Å². The highest BCUT2D eigenvalue weighted by Crippen LogP contribution is 2.34. The molecule has 0 radical (unpaired) electrons. The first kappa shape index (κ1) is 37.0. The topological polar surface area (TPSA) is 348 Å². The molecule has 0 spiro atoms. The van der Waals surface area contributed by atoms with Gasteiger partial charge in [0, 0.05) is 0 Å². The van der Waals surface area contributed by atoms with E-state index in [4.69, 9.17) is 33.2 Å². The molecule has 0 saturated carbocycles. The Morgan fingerprint density at radius 2 is 0.644 bits per heavy atom. The molecule has 0 aromatic carbocycles. The van der Waals surface area contributed by atoms with Gasteiger partial charge in [-0.2, -0.15) is 0 Å². The van der Waals surface area contributed by atoms with Crippen molar-refractivity contribution < 1.29 is 105 Å². The lowest BCUT2D eigenvalue weighted by atomic mass is 9.95. The molecule has 0 bridgehead atoms. The highest BCUT2D eigenvalue weighted by Gasteiger charge is 2.55. The quantitative estimate of drug-likeness (QED) is 0.103. The van der Waals surface area contributed by atoms with Crippen LogP contribution in [0.25, 0.3) is 0 Å². The fraction of sp³-hybridized carbons (Fsp3) is 1.00. The summed E-state index contributed by atoms with van der Waals surface area (Å²) < 4.78 is 37.7. The molecule has 4 aliphatic heterocycles. The third-order valence-corrected chi connectivity index (χ3v) is 8.20. The van der Waals surface area contributed by atoms with Gasteiger partial charge in [0.25, 0.3) is 0 Å². The van der Waals surface area contributed by atoms with Crippen LogP contribution < -0.4 is 0 Å². The van der Waals surface area contributed by atoms with Gasteiger partial charge in [-0.3, -0.25) is 0 Å². The summed E-state index contributed by atoms with van der Waals surface area (Å²) in [4.78, 5) is 0. The molecule has 21 heteroatoms. The molecule has 21 nitrogen and oxygen atoms in total. The summed E-state index contributed by atoms with van der Waals surface area (Å²) in [7, 11) is 0. The van der Waals surface area contributed by atoms with E-state index in [1.54, 1.807) is 0 Å². The second-order valence-electron chi connectivity index (χ2n) is 11.1. The van der Waals surface area contributed by atoms with Crippen molar-refractivity contribution in [3.8, 4) is 0 Å². The molecule has 45 heavy (non-hydrogen) atoms. The van der Waals surface area contributed by atoms with E-state index in [0.29, 0.717) is 0 Å². The molecule has 0 aromatic rings. The lowest BCUT2D eigenvalue weighted by Gasteiger charge is -2.49. The van der Waals surface area contributed by atoms with Crippen LogP contribution in [0.5, 0.6) is 0 Å². The van der Waals surface area contributed by atoms with E-state index in [0.717, 1.165) is 0 Å². The number of hydrogen-bond acceptors (Lipinski definition) is 21. The van der Waals surface area contributed by atoms with Crippen LogP contribution in [-0.4, -0.2) is 221 Å². The Morgan fingerprint density at radius 3 is 1.02 bits per heavy atom. The molecule has 0 aliphatic carbocycles. The molecular formula is C24H42O21. The molecule has 4 aliphatic rings. The fourth-order valence-electron chi connectivity index (χ4n) is 5.55. The third kappa shape index (κ3) is 7.44. The molecule has 0 amide bonds. The minimum absolute atomic E-state index is 0.784. The van der Waals surface area contributed by atoms with Gasteiger partial charge in [0.05, 0.1) is 26.4 Å². The molecule has 4 saturated heterocycles. The minimum Gasteiger partial charge on any atom is -0.394 e. The van der Waals surface area contributed by atoms with Crippen LogP contribution in [-0.2, 0) is 33.2 Å². The van der Waals surface area contributed by atoms with Crippen LogP contribution in [0.2, 0.25) is 0 Å². The Morgan fingerprint density at radius 1 is 0.333 bits per heavy atom. The van der Waals surface area contributed by atoms with Gasteiger partial charge in [-0.15, -0.1) is 0 Å². The average Bonchev–Trinajstić information content (AvgIpc) is 3.03. The van der Waals surface area contributed by atoms with Gasteiger partial charge in [-0.05, 0) is 0 Å². The standard InChI is InChI=1S/C24H42O21/c25-1-5-9(29)10(30)15(35)22(40-5)44-19-7(3-27)42-24(17(37)12(19)32)45-20-8(4-28)41-23(16(36)13(20)33)43-18-6(2-26)39-21(38)14(34)11(18)31/h5-38H,1-4H2/t5-,6-,7+,8-,9-,10+,11-,12-,13-,14-,15-,16-,17-,18?,19?,20?,21+,22-,23-,24-/m1/s1. The van der Waals surface area contributed by atoms with E-state index < -0.39 is 149 Å². The molecule has 4 rings (SSSR count). The summed E-state index contributed by atoms with van der Waals surface area (Å²) in [5.74, 6) is 0. The van der Waals surface area contributed by atoms with E-state index in [1.807, 2.05) is 0 Å². The number of hydrogen-bond donors (Lipinski definition) is 14. The van der Waals surface area contributed by atoms with Gasteiger partial charge in [-0.25, -0.2) is 0 Å². The zero-order valence-corrected chi connectivity index (χ0v) is 23.5. The van der Waals surface area contributed by atoms with Gasteiger partial charge in [0.2, 0.25) is 0 Å². The zero-order valence-electron chi connectivity index (χ0n) is 23.5. The number of aliphatic hydroxyl groups is 14. The van der Waals surface area contributed by atoms with Crippen LogP contribution >= 0.6 is 0 Å². The molecule has 4 fully saturated rings. The first-order chi connectivity index (χ1) is 21.3. The molecule has 3 unspecified atom stereocenters. The molecule has 4 heterocycles. The maximum absolute atomic E-state index is 10.9. The SMILES string of the molecule is OC[C@@H]1O[C@H](OC2[C@@H](CO)O[C@H](OC3[C@@H](CO)O[C@H](O)[C@H](O)[C@H]3O)[C@H](O)[C@H]2O)[C@H](O)[C@@H](O)C1O[C@H]1O[C@H](CO)[C@@H](O)[C@H](O)[C@H]1O. The van der Waals surface area contributed by atoms with Crippen molar-refractivity contribution >= 4 is 0 Å². The molecule has 0 aromatic heterocycles. The highest BCUT2D eigenvalue weighted by molar-refractivity contribution is 4.97. The largest absolute Gasteiger partial charge is 0.394 e. The summed E-state index contributed by atoms with van der Waals surface area (Å²) in [5, 5.41) is 142. The summed E-state index contributed by atoms with van der Waals surface area (Å²) in [6.45, 7) is -3.39. The second kappa shape index (κ2) is 15.6. The van der Waals surface area contributed by atoms with Crippen LogP contribution in [0.3, 0.4) is 0 Å². The van der Waals surface area contributed by atoms with Crippen LogP contribution in [0, 0.1) is 0 Å². The first-order valence-electron chi connectivity index (χ1n) is 14.1. The summed E-state index contributed by atoms with van der Waals surface area (Å²) in [5.41, 5.74) is 0. The maximum Gasteiger partial charge on any atom is 0.187 e. The lowest BCUT2D eigenvalue weighted by molar-refractivity contribution is -0.387. The van der Waals surface area contributed by atoms with Crippen LogP contribution in [0.1, 0.15) is 0 Å². The lowest BCUT2D eigenvalue weighted by Crippen LogP contribution is -2.67. The van der Waals surface area contributed by atoms with Gasteiger partial charge in [-0.1, -0.05) is 0 Å². The van der Waals surface area contributed by atoms with Crippen molar-refractivity contribution in [1.82, 2.24) is 0 Å². The van der Waals surface area contributed by atoms with E-state index >= 15 is 0 Å². The third-order valence-electron chi connectivity index (χ3n) is 8.20. The monoisotopic (exact) mass is 666 g/mol. The van der Waals surface area contributed by atoms with E-state index in [-0.39, 0.29) is 0 Å². The highest BCUT2D eigenvalue weighted by atomic mass is 16.8. The van der Waals surface area contributed by atoms with Crippen molar-refractivity contribution in [2.75, 3.05) is 26.4 Å². The van der Waals surface area contributed by atoms with Gasteiger partial charge in [0.15, 0.2) is 25.2 Å². The Hall–Kier alpha value is -0.840. The summed E-state index contributed by atoms with van der Waals surface area (Å²) in [6.07, 6.45) is -35.3. The molecule has 264 valence electrons. The van der Waals surface area contributed by atoms with E-state index in [9.17, 15) is 71.5 Å². The van der Waals surface area contributed by atoms with Gasteiger partial charge in [0.1, 0.15) is 97.7 Å². The normalized spacial score (nSPS) is 52.9. The first-order valence-corrected chi connectivity index (χ1v) is 14.1. The fourth-order valence-corrected chi connectivity index (χ4v) is 5.55. The van der Waals surface area contributed by atoms with Crippen molar-refractivity contribution in [1.29, 1.82) is 0 Å². The van der Waals surface area contributed by atoms with Crippen LogP contribution in [0.15, 0.2) is 0 Å². The van der Waals surface area contributed by atoms with Gasteiger partial charge < -0.3 is 105 Å². The smallest absolute Gasteiger partial charge is 0.187 e. The molecule has 20 atom stereocenters. The van der Waals surface area contributed by atoms with Crippen molar-refractivity contribution in [2.45, 2.75) is 123 Å². The Kier molecular flexibility index (Phi) is 12.8. The number of ether oxygens (including phenoxy) is 7. The molecular weight excluding hydrogens is 624 g/mol. The second-order valence-corrected chi connectivity index (χ2v) is 11.1. The summed E-state index contributed by atoms with van der Waals surface area (Å²) in [6, 6.07) is 0. The van der Waals surface area contributed by atoms with E-state index in [2.05, 4.69) is 0 Å². The van der Waals surface area contributed by atoms with Crippen molar-refractivity contribution in [3.05, 3.63) is 0 Å².